The fraction of sp³-hybridized carbons (Fsp3) is 0.348. The highest BCUT2D eigenvalue weighted by Crippen LogP contribution is 2.33. The summed E-state index contributed by atoms with van der Waals surface area (Å²) in [6.45, 7) is 6.72. The number of benzene rings is 1. The van der Waals surface area contributed by atoms with Crippen molar-refractivity contribution in [2.75, 3.05) is 25.5 Å². The number of hydrogen-bond acceptors (Lipinski definition) is 8. The number of rotatable bonds is 4. The van der Waals surface area contributed by atoms with E-state index in [9.17, 15) is 21.6 Å². The number of carbonyl (C=O) groups is 1. The molecule has 0 radical (unpaired) electrons. The van der Waals surface area contributed by atoms with Gasteiger partial charge >= 0.3 is 12.1 Å². The number of sulfonamides is 1. The maximum atomic E-state index is 13.2. The third-order valence-corrected chi connectivity index (χ3v) is 7.50. The third-order valence-electron chi connectivity index (χ3n) is 5.49. The fourth-order valence-corrected chi connectivity index (χ4v) is 5.21. The highest BCUT2D eigenvalue weighted by Gasteiger charge is 2.38. The lowest BCUT2D eigenvalue weighted by Gasteiger charge is -2.32. The van der Waals surface area contributed by atoms with E-state index in [4.69, 9.17) is 24.9 Å². The molecule has 0 aliphatic carbocycles. The van der Waals surface area contributed by atoms with Gasteiger partial charge in [-0.1, -0.05) is 11.2 Å². The molecule has 1 saturated heterocycles. The number of hydrogen-bond donors (Lipinski definition) is 2. The van der Waals surface area contributed by atoms with Gasteiger partial charge in [-0.15, -0.1) is 0 Å². The summed E-state index contributed by atoms with van der Waals surface area (Å²) in [5.74, 6) is -1.92. The zero-order valence-electron chi connectivity index (χ0n) is 20.1. The molecule has 10 nitrogen and oxygen atoms in total. The van der Waals surface area contributed by atoms with Crippen LogP contribution in [0.4, 0.5) is 19.0 Å². The number of nitrogen functional groups attached to an aromatic ring is 1. The Labute approximate surface area is 210 Å². The summed E-state index contributed by atoms with van der Waals surface area (Å²) in [6, 6.07) is 8.55. The fourth-order valence-electron chi connectivity index (χ4n) is 3.59. The van der Waals surface area contributed by atoms with Crippen molar-refractivity contribution >= 4 is 21.8 Å². The predicted octanol–water partition coefficient (Wildman–Crippen LogP) is 3.65. The molecule has 1 fully saturated rings. The van der Waals surface area contributed by atoms with Gasteiger partial charge in [0.25, 0.3) is 0 Å². The van der Waals surface area contributed by atoms with Gasteiger partial charge in [0.1, 0.15) is 5.82 Å². The minimum atomic E-state index is -5.08. The number of carboxylic acids is 1. The van der Waals surface area contributed by atoms with E-state index in [1.807, 2.05) is 32.9 Å². The van der Waals surface area contributed by atoms with Crippen LogP contribution in [0.1, 0.15) is 18.2 Å². The molecule has 1 aromatic carbocycles. The average molecular weight is 543 g/mol. The highest BCUT2D eigenvalue weighted by atomic mass is 32.2. The molecule has 37 heavy (non-hydrogen) atoms. The van der Waals surface area contributed by atoms with Crippen LogP contribution in [0, 0.1) is 13.8 Å². The van der Waals surface area contributed by atoms with Crippen molar-refractivity contribution in [3.05, 3.63) is 47.8 Å². The van der Waals surface area contributed by atoms with E-state index in [0.29, 0.717) is 36.9 Å². The Hall–Kier alpha value is -3.49. The Morgan fingerprint density at radius 1 is 1.19 bits per heavy atom. The van der Waals surface area contributed by atoms with Crippen molar-refractivity contribution in [2.24, 2.45) is 0 Å². The van der Waals surface area contributed by atoms with Crippen LogP contribution in [0.5, 0.6) is 0 Å². The molecule has 2 aromatic heterocycles. The van der Waals surface area contributed by atoms with E-state index < -0.39 is 22.2 Å². The van der Waals surface area contributed by atoms with Crippen LogP contribution in [0.25, 0.3) is 22.5 Å². The summed E-state index contributed by atoms with van der Waals surface area (Å²) < 4.78 is 70.4. The zero-order chi connectivity index (χ0) is 27.5. The number of anilines is 1. The lowest BCUT2D eigenvalue weighted by molar-refractivity contribution is -0.192. The first kappa shape index (κ1) is 28.1. The molecule has 1 aliphatic heterocycles. The van der Waals surface area contributed by atoms with Crippen molar-refractivity contribution in [1.29, 1.82) is 0 Å². The standard InChI is InChI=1S/C21H24N4O4S.C2HF3O2/c1-13-4-5-17(30(26,27)25-6-7-28-12-15(25)3)10-18(13)16-9-19(21(22)23-11-16)20-8-14(2)24-29-20;3-2(4,5)1(6)7/h4-5,8-11,15H,6-7,12H2,1-3H3,(H2,22,23);(H,6,7)/t15-;/m0./s1. The normalized spacial score (nSPS) is 16.6. The van der Waals surface area contributed by atoms with Gasteiger partial charge < -0.3 is 20.1 Å². The number of nitrogens with zero attached hydrogens (tertiary/aromatic N) is 3. The topological polar surface area (TPSA) is 149 Å². The number of morpholine rings is 1. The summed E-state index contributed by atoms with van der Waals surface area (Å²) in [5, 5.41) is 11.0. The molecule has 4 rings (SSSR count). The second-order valence-electron chi connectivity index (χ2n) is 8.31. The van der Waals surface area contributed by atoms with Crippen LogP contribution >= 0.6 is 0 Å². The zero-order valence-corrected chi connectivity index (χ0v) is 20.9. The SMILES string of the molecule is Cc1cc(-c2cc(-c3cc(S(=O)(=O)N4CCOC[C@@H]4C)ccc3C)cnc2N)on1.O=C(O)C(F)(F)F. The molecule has 3 heterocycles. The van der Waals surface area contributed by atoms with E-state index in [1.54, 1.807) is 24.4 Å². The lowest BCUT2D eigenvalue weighted by Crippen LogP contribution is -2.46. The van der Waals surface area contributed by atoms with Crippen LogP contribution in [0.2, 0.25) is 0 Å². The molecule has 1 aliphatic rings. The van der Waals surface area contributed by atoms with E-state index in [1.165, 1.54) is 4.31 Å². The van der Waals surface area contributed by atoms with Crippen LogP contribution in [-0.4, -0.2) is 65.9 Å². The van der Waals surface area contributed by atoms with Crippen molar-refractivity contribution in [1.82, 2.24) is 14.4 Å². The quantitative estimate of drug-likeness (QED) is 0.504. The molecule has 0 saturated carbocycles. The van der Waals surface area contributed by atoms with Gasteiger partial charge in [-0.25, -0.2) is 18.2 Å². The molecular weight excluding hydrogens is 517 g/mol. The summed E-state index contributed by atoms with van der Waals surface area (Å²) in [4.78, 5) is 13.4. The van der Waals surface area contributed by atoms with Gasteiger partial charge in [0, 0.05) is 30.4 Å². The van der Waals surface area contributed by atoms with Crippen molar-refractivity contribution < 1.29 is 40.8 Å². The van der Waals surface area contributed by atoms with Crippen LogP contribution in [-0.2, 0) is 19.6 Å². The number of aliphatic carboxylic acids is 1. The van der Waals surface area contributed by atoms with Gasteiger partial charge in [-0.05, 0) is 50.1 Å². The molecule has 3 aromatic rings. The average Bonchev–Trinajstić information content (AvgIpc) is 3.25. The first-order valence-electron chi connectivity index (χ1n) is 10.9. The number of aromatic nitrogens is 2. The third kappa shape index (κ3) is 6.45. The summed E-state index contributed by atoms with van der Waals surface area (Å²) in [6.07, 6.45) is -3.45. The maximum absolute atomic E-state index is 13.2. The van der Waals surface area contributed by atoms with Gasteiger partial charge in [-0.3, -0.25) is 0 Å². The predicted molar refractivity (Wildman–Crippen MR) is 127 cm³/mol. The van der Waals surface area contributed by atoms with E-state index >= 15 is 0 Å². The van der Waals surface area contributed by atoms with E-state index in [0.717, 1.165) is 22.4 Å². The van der Waals surface area contributed by atoms with E-state index in [-0.39, 0.29) is 10.9 Å². The molecule has 0 unspecified atom stereocenters. The van der Waals surface area contributed by atoms with Crippen molar-refractivity contribution in [3.63, 3.8) is 0 Å². The number of nitrogens with two attached hydrogens (primary N) is 1. The Kier molecular flexibility index (Phi) is 8.25. The monoisotopic (exact) mass is 542 g/mol. The molecule has 3 N–H and O–H groups in total. The first-order chi connectivity index (χ1) is 17.2. The van der Waals surface area contributed by atoms with E-state index in [2.05, 4.69) is 10.1 Å². The van der Waals surface area contributed by atoms with Gasteiger partial charge in [-0.2, -0.15) is 17.5 Å². The van der Waals surface area contributed by atoms with Gasteiger partial charge in [0.15, 0.2) is 5.76 Å². The summed E-state index contributed by atoms with van der Waals surface area (Å²) in [5.41, 5.74) is 9.83. The Bertz CT molecular complexity index is 1390. The highest BCUT2D eigenvalue weighted by molar-refractivity contribution is 7.89. The number of ether oxygens (including phenoxy) is 1. The minimum Gasteiger partial charge on any atom is -0.475 e. The Morgan fingerprint density at radius 2 is 1.86 bits per heavy atom. The van der Waals surface area contributed by atoms with Gasteiger partial charge in [0.05, 0.1) is 29.4 Å². The minimum absolute atomic E-state index is 0.215. The summed E-state index contributed by atoms with van der Waals surface area (Å²) >= 11 is 0. The molecule has 1 atom stereocenters. The number of halogens is 3. The lowest BCUT2D eigenvalue weighted by atomic mass is 10.00. The number of alkyl halides is 3. The van der Waals surface area contributed by atoms with Crippen molar-refractivity contribution in [2.45, 2.75) is 37.9 Å². The molecule has 200 valence electrons. The van der Waals surface area contributed by atoms with Crippen LogP contribution in [0.3, 0.4) is 0 Å². The summed E-state index contributed by atoms with van der Waals surface area (Å²) in [7, 11) is -3.65. The van der Waals surface area contributed by atoms with Crippen LogP contribution < -0.4 is 5.73 Å². The number of carboxylic acid groups (broad SMARTS) is 1. The molecule has 0 amide bonds. The smallest absolute Gasteiger partial charge is 0.475 e. The Morgan fingerprint density at radius 3 is 2.43 bits per heavy atom. The number of pyridine rings is 1. The molecule has 14 heteroatoms. The Balaban J connectivity index is 0.000000479. The van der Waals surface area contributed by atoms with Gasteiger partial charge in [0.2, 0.25) is 10.0 Å². The largest absolute Gasteiger partial charge is 0.490 e. The first-order valence-corrected chi connectivity index (χ1v) is 12.4. The van der Waals surface area contributed by atoms with Crippen molar-refractivity contribution in [3.8, 4) is 22.5 Å². The number of aryl methyl sites for hydroxylation is 2. The molecular formula is C23H25F3N4O6S. The van der Waals surface area contributed by atoms with Crippen LogP contribution in [0.15, 0.2) is 45.9 Å². The second-order valence-corrected chi connectivity index (χ2v) is 10.2. The molecule has 0 spiro atoms. The second kappa shape index (κ2) is 10.9. The maximum Gasteiger partial charge on any atom is 0.490 e. The molecule has 0 bridgehead atoms.